The molecule has 1 saturated carbocycles. The molecule has 1 aromatic rings. The minimum Gasteiger partial charge on any atom is -0.328 e. The van der Waals surface area contributed by atoms with E-state index in [9.17, 15) is 4.79 Å². The van der Waals surface area contributed by atoms with Gasteiger partial charge in [-0.25, -0.2) is 0 Å². The molecule has 1 fully saturated rings. The second-order valence-corrected chi connectivity index (χ2v) is 6.33. The Hall–Kier alpha value is -0.580. The minimum absolute atomic E-state index is 0. The van der Waals surface area contributed by atoms with Gasteiger partial charge >= 0.3 is 0 Å². The highest BCUT2D eigenvalue weighted by Crippen LogP contribution is 2.27. The topological polar surface area (TPSA) is 55.1 Å². The Morgan fingerprint density at radius 1 is 1.30 bits per heavy atom. The monoisotopic (exact) mass is 360 g/mol. The van der Waals surface area contributed by atoms with Gasteiger partial charge in [-0.2, -0.15) is 0 Å². The zero-order valence-corrected chi connectivity index (χ0v) is 14.3. The first kappa shape index (κ1) is 17.5. The second kappa shape index (κ2) is 7.43. The fourth-order valence-corrected chi connectivity index (χ4v) is 2.96. The van der Waals surface area contributed by atoms with Crippen LogP contribution in [0.2, 0.25) is 0 Å². The first-order valence-corrected chi connectivity index (χ1v) is 7.60. The molecule has 112 valence electrons. The van der Waals surface area contributed by atoms with Gasteiger partial charge in [0.15, 0.2) is 0 Å². The van der Waals surface area contributed by atoms with Gasteiger partial charge in [-0.05, 0) is 56.4 Å². The molecule has 20 heavy (non-hydrogen) atoms. The zero-order valence-electron chi connectivity index (χ0n) is 11.9. The molecule has 1 aromatic carbocycles. The van der Waals surface area contributed by atoms with Crippen LogP contribution in [0.15, 0.2) is 16.6 Å². The van der Waals surface area contributed by atoms with Crippen molar-refractivity contribution in [3.05, 3.63) is 27.7 Å². The van der Waals surface area contributed by atoms with Gasteiger partial charge in [0.05, 0.1) is 0 Å². The van der Waals surface area contributed by atoms with Crippen molar-refractivity contribution < 1.29 is 4.79 Å². The van der Waals surface area contributed by atoms with E-state index in [2.05, 4.69) is 21.2 Å². The largest absolute Gasteiger partial charge is 0.328 e. The maximum Gasteiger partial charge on any atom is 0.227 e. The van der Waals surface area contributed by atoms with Gasteiger partial charge < -0.3 is 11.1 Å². The summed E-state index contributed by atoms with van der Waals surface area (Å²) in [4.78, 5) is 12.2. The highest BCUT2D eigenvalue weighted by Gasteiger charge is 2.25. The number of carbonyl (C=O) groups excluding carboxylic acids is 1. The van der Waals surface area contributed by atoms with Crippen molar-refractivity contribution in [1.29, 1.82) is 0 Å². The summed E-state index contributed by atoms with van der Waals surface area (Å²) in [5, 5.41) is 3.03. The van der Waals surface area contributed by atoms with Gasteiger partial charge in [0.25, 0.3) is 0 Å². The van der Waals surface area contributed by atoms with Crippen molar-refractivity contribution >= 4 is 39.9 Å². The lowest BCUT2D eigenvalue weighted by Crippen LogP contribution is -2.34. The molecule has 0 heterocycles. The summed E-state index contributed by atoms with van der Waals surface area (Å²) in [5.74, 6) is 0.171. The SMILES string of the molecule is Cc1cc(NC(=O)C2CCCC(N)C2)cc(C)c1Br.Cl. The Kier molecular flexibility index (Phi) is 6.49. The van der Waals surface area contributed by atoms with Crippen LogP contribution in [0.1, 0.15) is 36.8 Å². The molecule has 0 bridgehead atoms. The lowest BCUT2D eigenvalue weighted by molar-refractivity contribution is -0.120. The molecule has 2 unspecified atom stereocenters. The van der Waals surface area contributed by atoms with Crippen molar-refractivity contribution in [1.82, 2.24) is 0 Å². The number of halogens is 2. The number of hydrogen-bond acceptors (Lipinski definition) is 2. The standard InChI is InChI=1S/C15H21BrN2O.ClH/c1-9-6-13(7-10(2)14(9)16)18-15(19)11-4-3-5-12(17)8-11;/h6-7,11-12H,3-5,8,17H2,1-2H3,(H,18,19);1H. The number of rotatable bonds is 2. The Labute approximate surface area is 135 Å². The first-order chi connectivity index (χ1) is 8.97. The van der Waals surface area contributed by atoms with E-state index >= 15 is 0 Å². The fourth-order valence-electron chi connectivity index (χ4n) is 2.73. The van der Waals surface area contributed by atoms with Crippen LogP contribution in [0, 0.1) is 19.8 Å². The van der Waals surface area contributed by atoms with E-state index in [1.165, 1.54) is 0 Å². The Morgan fingerprint density at radius 3 is 2.45 bits per heavy atom. The van der Waals surface area contributed by atoms with E-state index in [1.54, 1.807) is 0 Å². The summed E-state index contributed by atoms with van der Waals surface area (Å²) < 4.78 is 1.10. The molecule has 0 aliphatic heterocycles. The van der Waals surface area contributed by atoms with E-state index in [4.69, 9.17) is 5.73 Å². The van der Waals surface area contributed by atoms with E-state index in [0.717, 1.165) is 47.0 Å². The first-order valence-electron chi connectivity index (χ1n) is 6.80. The third-order valence-corrected chi connectivity index (χ3v) is 5.04. The molecule has 2 atom stereocenters. The summed E-state index contributed by atoms with van der Waals surface area (Å²) in [7, 11) is 0. The summed E-state index contributed by atoms with van der Waals surface area (Å²) in [6, 6.07) is 4.17. The lowest BCUT2D eigenvalue weighted by atomic mass is 9.85. The van der Waals surface area contributed by atoms with Crippen LogP contribution >= 0.6 is 28.3 Å². The van der Waals surface area contributed by atoms with Gasteiger partial charge in [-0.1, -0.05) is 22.4 Å². The van der Waals surface area contributed by atoms with E-state index in [-0.39, 0.29) is 30.3 Å². The van der Waals surface area contributed by atoms with Crippen LogP contribution in [-0.2, 0) is 4.79 Å². The number of anilines is 1. The molecular formula is C15H22BrClN2O. The lowest BCUT2D eigenvalue weighted by Gasteiger charge is -2.25. The van der Waals surface area contributed by atoms with Crippen molar-refractivity contribution in [2.45, 2.75) is 45.6 Å². The maximum absolute atomic E-state index is 12.2. The predicted octanol–water partition coefficient (Wildman–Crippen LogP) is 3.94. The van der Waals surface area contributed by atoms with Gasteiger partial charge in [0.2, 0.25) is 5.91 Å². The van der Waals surface area contributed by atoms with Crippen LogP contribution in [0.25, 0.3) is 0 Å². The van der Waals surface area contributed by atoms with Crippen molar-refractivity contribution in [2.75, 3.05) is 5.32 Å². The summed E-state index contributed by atoms with van der Waals surface area (Å²) in [5.41, 5.74) is 9.09. The number of carbonyl (C=O) groups is 1. The molecule has 1 aliphatic carbocycles. The summed E-state index contributed by atoms with van der Waals surface area (Å²) in [6.07, 6.45) is 3.85. The summed E-state index contributed by atoms with van der Waals surface area (Å²) >= 11 is 3.53. The van der Waals surface area contributed by atoms with Gasteiger partial charge in [0, 0.05) is 22.1 Å². The Balaban J connectivity index is 0.00000200. The molecule has 0 radical (unpaired) electrons. The fraction of sp³-hybridized carbons (Fsp3) is 0.533. The summed E-state index contributed by atoms with van der Waals surface area (Å²) in [6.45, 7) is 4.06. The predicted molar refractivity (Wildman–Crippen MR) is 89.4 cm³/mol. The molecule has 5 heteroatoms. The van der Waals surface area contributed by atoms with Gasteiger partial charge in [-0.15, -0.1) is 12.4 Å². The molecule has 3 nitrogen and oxygen atoms in total. The average molecular weight is 362 g/mol. The molecule has 1 aliphatic rings. The molecule has 3 N–H and O–H groups in total. The van der Waals surface area contributed by atoms with E-state index in [1.807, 2.05) is 26.0 Å². The van der Waals surface area contributed by atoms with Crippen LogP contribution in [0.3, 0.4) is 0 Å². The number of benzene rings is 1. The molecule has 0 spiro atoms. The third kappa shape index (κ3) is 4.21. The van der Waals surface area contributed by atoms with Crippen LogP contribution in [0.5, 0.6) is 0 Å². The van der Waals surface area contributed by atoms with Crippen molar-refractivity contribution in [3.8, 4) is 0 Å². The van der Waals surface area contributed by atoms with Crippen LogP contribution in [0.4, 0.5) is 5.69 Å². The number of nitrogens with one attached hydrogen (secondary N) is 1. The second-order valence-electron chi connectivity index (χ2n) is 5.54. The number of aryl methyl sites for hydroxylation is 2. The van der Waals surface area contributed by atoms with Crippen LogP contribution < -0.4 is 11.1 Å². The molecule has 0 saturated heterocycles. The van der Waals surface area contributed by atoms with Gasteiger partial charge in [-0.3, -0.25) is 4.79 Å². The number of amides is 1. The maximum atomic E-state index is 12.2. The highest BCUT2D eigenvalue weighted by molar-refractivity contribution is 9.10. The van der Waals surface area contributed by atoms with E-state index < -0.39 is 0 Å². The smallest absolute Gasteiger partial charge is 0.227 e. The average Bonchev–Trinajstić information content (AvgIpc) is 2.36. The molecule has 2 rings (SSSR count). The Bertz CT molecular complexity index is 470. The Morgan fingerprint density at radius 2 is 1.90 bits per heavy atom. The quantitative estimate of drug-likeness (QED) is 0.838. The zero-order chi connectivity index (χ0) is 14.0. The molecule has 1 amide bonds. The van der Waals surface area contributed by atoms with Crippen molar-refractivity contribution in [2.24, 2.45) is 11.7 Å². The highest BCUT2D eigenvalue weighted by atomic mass is 79.9. The van der Waals surface area contributed by atoms with E-state index in [0.29, 0.717) is 0 Å². The minimum atomic E-state index is 0. The number of nitrogens with two attached hydrogens (primary N) is 1. The van der Waals surface area contributed by atoms with Gasteiger partial charge in [0.1, 0.15) is 0 Å². The molecule has 0 aromatic heterocycles. The number of hydrogen-bond donors (Lipinski definition) is 2. The molecular weight excluding hydrogens is 340 g/mol. The normalized spacial score (nSPS) is 22.0. The van der Waals surface area contributed by atoms with Crippen LogP contribution in [-0.4, -0.2) is 11.9 Å². The van der Waals surface area contributed by atoms with Crippen molar-refractivity contribution in [3.63, 3.8) is 0 Å². The third-order valence-electron chi connectivity index (χ3n) is 3.79.